The van der Waals surface area contributed by atoms with E-state index in [1.54, 1.807) is 12.4 Å². The standard InChI is InChI=1S/C27H30N6O3/c1-16-20-10-9-19(13-18(20)15-32(16)26(35)36-27(2,3)4)30-24-23-22(11-12-29-25(23)34)33(31-24)21-8-6-5-7-17(21)14-28/h9-13,15,17,21H,5-8H2,1-4H3,(H,29,34)(H,30,31). The number of carbonyl (C=O) groups is 1. The van der Waals surface area contributed by atoms with Gasteiger partial charge in [0.25, 0.3) is 5.56 Å². The maximum Gasteiger partial charge on any atom is 0.418 e. The summed E-state index contributed by atoms with van der Waals surface area (Å²) in [5.41, 5.74) is 1.40. The number of hydrogen-bond acceptors (Lipinski definition) is 6. The number of ether oxygens (including phenoxy) is 1. The summed E-state index contributed by atoms with van der Waals surface area (Å²) in [4.78, 5) is 28.2. The lowest BCUT2D eigenvalue weighted by molar-refractivity contribution is 0.0535. The summed E-state index contributed by atoms with van der Waals surface area (Å²) in [6.07, 6.45) is 6.69. The van der Waals surface area contributed by atoms with E-state index in [4.69, 9.17) is 9.84 Å². The molecule has 1 aliphatic carbocycles. The number of hydrogen-bond donors (Lipinski definition) is 2. The number of benzene rings is 1. The second-order valence-electron chi connectivity index (χ2n) is 10.4. The van der Waals surface area contributed by atoms with Crippen molar-refractivity contribution in [3.05, 3.63) is 52.7 Å². The van der Waals surface area contributed by atoms with Gasteiger partial charge in [-0.1, -0.05) is 18.9 Å². The van der Waals surface area contributed by atoms with Crippen LogP contribution in [-0.2, 0) is 4.74 Å². The lowest BCUT2D eigenvalue weighted by Gasteiger charge is -2.27. The molecule has 2 unspecified atom stereocenters. The summed E-state index contributed by atoms with van der Waals surface area (Å²) >= 11 is 0. The van der Waals surface area contributed by atoms with Gasteiger partial charge >= 0.3 is 6.09 Å². The highest BCUT2D eigenvalue weighted by atomic mass is 16.6. The van der Waals surface area contributed by atoms with Crippen LogP contribution in [0.5, 0.6) is 0 Å². The maximum absolute atomic E-state index is 12.8. The molecule has 9 heteroatoms. The molecule has 2 N–H and O–H groups in total. The monoisotopic (exact) mass is 486 g/mol. The van der Waals surface area contributed by atoms with Gasteiger partial charge in [-0.05, 0) is 58.7 Å². The molecule has 9 nitrogen and oxygen atoms in total. The number of aromatic nitrogens is 4. The number of pyridine rings is 1. The summed E-state index contributed by atoms with van der Waals surface area (Å²) < 4.78 is 8.90. The molecule has 4 aromatic rings. The third-order valence-corrected chi connectivity index (χ3v) is 6.76. The van der Waals surface area contributed by atoms with E-state index in [1.165, 1.54) is 4.57 Å². The van der Waals surface area contributed by atoms with Gasteiger partial charge in [0.15, 0.2) is 5.82 Å². The number of aryl methyl sites for hydroxylation is 1. The lowest BCUT2D eigenvalue weighted by atomic mass is 9.85. The fraction of sp³-hybridized carbons (Fsp3) is 0.407. The minimum Gasteiger partial charge on any atom is -0.443 e. The number of nitrogens with zero attached hydrogens (tertiary/aromatic N) is 4. The Hall–Kier alpha value is -4.06. The Bertz CT molecular complexity index is 1560. The first kappa shape index (κ1) is 23.7. The third kappa shape index (κ3) is 4.24. The predicted octanol–water partition coefficient (Wildman–Crippen LogP) is 5.77. The van der Waals surface area contributed by atoms with Crippen molar-refractivity contribution in [3.63, 3.8) is 0 Å². The van der Waals surface area contributed by atoms with Gasteiger partial charge in [0, 0.05) is 34.5 Å². The van der Waals surface area contributed by atoms with Crippen LogP contribution in [0.3, 0.4) is 0 Å². The van der Waals surface area contributed by atoms with Crippen LogP contribution in [0.15, 0.2) is 41.5 Å². The number of aromatic amines is 1. The smallest absolute Gasteiger partial charge is 0.418 e. The Morgan fingerprint density at radius 2 is 2.03 bits per heavy atom. The van der Waals surface area contributed by atoms with E-state index in [2.05, 4.69) is 16.4 Å². The Balaban J connectivity index is 1.53. The number of anilines is 2. The Morgan fingerprint density at radius 3 is 2.78 bits per heavy atom. The number of carbonyl (C=O) groups excluding carboxylic acids is 1. The quantitative estimate of drug-likeness (QED) is 0.380. The number of fused-ring (bicyclic) bond motifs is 2. The molecule has 36 heavy (non-hydrogen) atoms. The van der Waals surface area contributed by atoms with Crippen molar-refractivity contribution in [2.45, 2.75) is 65.0 Å². The summed E-state index contributed by atoms with van der Waals surface area (Å²) in [5.74, 6) is 0.303. The minimum atomic E-state index is -0.595. The highest BCUT2D eigenvalue weighted by Crippen LogP contribution is 2.37. The van der Waals surface area contributed by atoms with Crippen LogP contribution in [0.2, 0.25) is 0 Å². The molecule has 0 amide bonds. The number of rotatable bonds is 3. The van der Waals surface area contributed by atoms with Crippen molar-refractivity contribution in [1.29, 1.82) is 5.26 Å². The molecule has 0 spiro atoms. The molecule has 1 aromatic carbocycles. The van der Waals surface area contributed by atoms with E-state index in [0.29, 0.717) is 16.7 Å². The van der Waals surface area contributed by atoms with Gasteiger partial charge in [-0.15, -0.1) is 0 Å². The number of nitrogens with one attached hydrogen (secondary N) is 2. The molecule has 1 saturated carbocycles. The minimum absolute atomic E-state index is 0.0726. The average molecular weight is 487 g/mol. The number of nitriles is 1. The van der Waals surface area contributed by atoms with Gasteiger partial charge in [0.05, 0.1) is 23.5 Å². The molecule has 0 saturated heterocycles. The molecule has 3 heterocycles. The summed E-state index contributed by atoms with van der Waals surface area (Å²) in [6, 6.07) is 9.95. The summed E-state index contributed by atoms with van der Waals surface area (Å²) in [6.45, 7) is 7.39. The molecule has 3 aromatic heterocycles. The van der Waals surface area contributed by atoms with Gasteiger partial charge in [-0.2, -0.15) is 10.4 Å². The van der Waals surface area contributed by atoms with E-state index in [-0.39, 0.29) is 17.5 Å². The van der Waals surface area contributed by atoms with Crippen molar-refractivity contribution in [2.75, 3.05) is 5.32 Å². The first-order chi connectivity index (χ1) is 17.2. The molecule has 0 radical (unpaired) electrons. The molecule has 5 rings (SSSR count). The van der Waals surface area contributed by atoms with Crippen molar-refractivity contribution in [2.24, 2.45) is 5.92 Å². The highest BCUT2D eigenvalue weighted by molar-refractivity contribution is 5.95. The first-order valence-electron chi connectivity index (χ1n) is 12.3. The largest absolute Gasteiger partial charge is 0.443 e. The van der Waals surface area contributed by atoms with Crippen LogP contribution in [0, 0.1) is 24.2 Å². The van der Waals surface area contributed by atoms with Crippen molar-refractivity contribution in [1.82, 2.24) is 19.3 Å². The van der Waals surface area contributed by atoms with Crippen LogP contribution in [0.4, 0.5) is 16.3 Å². The molecule has 2 atom stereocenters. The van der Waals surface area contributed by atoms with E-state index >= 15 is 0 Å². The Morgan fingerprint density at radius 1 is 1.25 bits per heavy atom. The van der Waals surface area contributed by atoms with Crippen molar-refractivity contribution >= 4 is 39.3 Å². The predicted molar refractivity (Wildman–Crippen MR) is 139 cm³/mol. The van der Waals surface area contributed by atoms with Crippen LogP contribution >= 0.6 is 0 Å². The van der Waals surface area contributed by atoms with Gasteiger partial charge in [-0.25, -0.2) is 4.79 Å². The second kappa shape index (κ2) is 8.86. The fourth-order valence-electron chi connectivity index (χ4n) is 5.07. The van der Waals surface area contributed by atoms with Gasteiger partial charge in [0.1, 0.15) is 11.0 Å². The van der Waals surface area contributed by atoms with E-state index in [9.17, 15) is 14.9 Å². The highest BCUT2D eigenvalue weighted by Gasteiger charge is 2.30. The average Bonchev–Trinajstić information content (AvgIpc) is 3.36. The van der Waals surface area contributed by atoms with E-state index in [0.717, 1.165) is 47.8 Å². The molecule has 1 fully saturated rings. The SMILES string of the molecule is Cc1c2ccc(Nc3nn(C4CCCCC4C#N)c4cc[nH]c(=O)c34)cc2cn1C(=O)OC(C)(C)C. The molecule has 0 bridgehead atoms. The summed E-state index contributed by atoms with van der Waals surface area (Å²) in [7, 11) is 0. The number of H-pyrrole nitrogens is 1. The zero-order chi connectivity index (χ0) is 25.6. The molecule has 1 aliphatic rings. The molecule has 186 valence electrons. The van der Waals surface area contributed by atoms with Gasteiger partial charge in [-0.3, -0.25) is 14.0 Å². The first-order valence-corrected chi connectivity index (χ1v) is 12.3. The molecular weight excluding hydrogens is 456 g/mol. The summed E-state index contributed by atoms with van der Waals surface area (Å²) in [5, 5.41) is 20.1. The zero-order valence-electron chi connectivity index (χ0n) is 21.0. The van der Waals surface area contributed by atoms with E-state index < -0.39 is 11.7 Å². The lowest BCUT2D eigenvalue weighted by Crippen LogP contribution is -2.27. The van der Waals surface area contributed by atoms with E-state index in [1.807, 2.05) is 56.6 Å². The normalized spacial score (nSPS) is 18.3. The van der Waals surface area contributed by atoms with Gasteiger partial charge in [0.2, 0.25) is 0 Å². The van der Waals surface area contributed by atoms with Crippen LogP contribution in [0.25, 0.3) is 21.7 Å². The van der Waals surface area contributed by atoms with Crippen LogP contribution < -0.4 is 10.9 Å². The Labute approximate surface area is 208 Å². The fourth-order valence-corrected chi connectivity index (χ4v) is 5.07. The maximum atomic E-state index is 12.8. The van der Waals surface area contributed by atoms with Crippen molar-refractivity contribution < 1.29 is 9.53 Å². The van der Waals surface area contributed by atoms with Crippen LogP contribution in [0.1, 0.15) is 58.2 Å². The zero-order valence-corrected chi connectivity index (χ0v) is 21.0. The van der Waals surface area contributed by atoms with Crippen molar-refractivity contribution in [3.8, 4) is 6.07 Å². The topological polar surface area (TPSA) is 118 Å². The third-order valence-electron chi connectivity index (χ3n) is 6.76. The van der Waals surface area contributed by atoms with Gasteiger partial charge < -0.3 is 15.0 Å². The van der Waals surface area contributed by atoms with Crippen LogP contribution in [-0.4, -0.2) is 31.0 Å². The molecule has 0 aliphatic heterocycles. The Kier molecular flexibility index (Phi) is 5.83. The molecular formula is C27H30N6O3. The second-order valence-corrected chi connectivity index (χ2v) is 10.4.